The van der Waals surface area contributed by atoms with Gasteiger partial charge < -0.3 is 0 Å². The highest BCUT2D eigenvalue weighted by molar-refractivity contribution is 5.68. The first-order valence-corrected chi connectivity index (χ1v) is 3.88. The first-order chi connectivity index (χ1) is 5.86. The molecule has 12 heavy (non-hydrogen) atoms. The Hall–Kier alpha value is -1.64. The number of imidazole rings is 2. The van der Waals surface area contributed by atoms with Crippen LogP contribution in [0.3, 0.4) is 0 Å². The lowest BCUT2D eigenvalue weighted by molar-refractivity contribution is 1.28. The smallest absolute Gasteiger partial charge is 0.160 e. The molecule has 3 heterocycles. The molecule has 58 valence electrons. The highest BCUT2D eigenvalue weighted by Gasteiger charge is 2.07. The molecule has 0 fully saturated rings. The van der Waals surface area contributed by atoms with Crippen LogP contribution in [-0.4, -0.2) is 14.4 Å². The van der Waals surface area contributed by atoms with Gasteiger partial charge in [-0.15, -0.1) is 0 Å². The van der Waals surface area contributed by atoms with Crippen molar-refractivity contribution in [3.8, 4) is 0 Å². The molecule has 0 N–H and O–H groups in total. The van der Waals surface area contributed by atoms with E-state index in [0.29, 0.717) is 0 Å². The number of aromatic nitrogens is 3. The molecular formula is C9H7N3. The lowest BCUT2D eigenvalue weighted by Crippen LogP contribution is -1.80. The third-order valence-electron chi connectivity index (χ3n) is 2.14. The fourth-order valence-electron chi connectivity index (χ4n) is 1.59. The summed E-state index contributed by atoms with van der Waals surface area (Å²) in [6.45, 7) is 1.98. The van der Waals surface area contributed by atoms with Gasteiger partial charge in [0.15, 0.2) is 5.65 Å². The molecule has 0 aliphatic rings. The number of aryl methyl sites for hydroxylation is 1. The molecule has 0 saturated carbocycles. The highest BCUT2D eigenvalue weighted by atomic mass is 15.1. The molecule has 0 aliphatic heterocycles. The van der Waals surface area contributed by atoms with Crippen molar-refractivity contribution in [2.24, 2.45) is 0 Å². The predicted octanol–water partition coefficient (Wildman–Crippen LogP) is 1.63. The summed E-state index contributed by atoms with van der Waals surface area (Å²) in [6.07, 6.45) is 1.87. The average Bonchev–Trinajstić information content (AvgIpc) is 2.60. The van der Waals surface area contributed by atoms with Crippen molar-refractivity contribution >= 4 is 16.8 Å². The lowest BCUT2D eigenvalue weighted by atomic mass is 10.4. The number of rotatable bonds is 0. The van der Waals surface area contributed by atoms with Gasteiger partial charge in [0.25, 0.3) is 0 Å². The Morgan fingerprint density at radius 1 is 1.33 bits per heavy atom. The lowest BCUT2D eigenvalue weighted by Gasteiger charge is -1.89. The number of hydrogen-bond acceptors (Lipinski definition) is 2. The van der Waals surface area contributed by atoms with Gasteiger partial charge in [-0.3, -0.25) is 4.40 Å². The molecule has 3 aromatic rings. The molecule has 0 atom stereocenters. The molecule has 3 nitrogen and oxygen atoms in total. The van der Waals surface area contributed by atoms with Gasteiger partial charge in [-0.25, -0.2) is 9.97 Å². The van der Waals surface area contributed by atoms with Crippen LogP contribution in [-0.2, 0) is 0 Å². The second-order valence-corrected chi connectivity index (χ2v) is 2.92. The third kappa shape index (κ3) is 0.525. The van der Waals surface area contributed by atoms with Crippen molar-refractivity contribution in [3.63, 3.8) is 0 Å². The van der Waals surface area contributed by atoms with E-state index in [4.69, 9.17) is 0 Å². The van der Waals surface area contributed by atoms with E-state index in [2.05, 4.69) is 14.4 Å². The molecule has 0 aromatic carbocycles. The standard InChI is InChI=1S/C9H7N3/c1-6-9-10-5-7-3-2-4-8(11-6)12(7)9/h2-5H,1H3. The summed E-state index contributed by atoms with van der Waals surface area (Å²) in [6, 6.07) is 6.03. The van der Waals surface area contributed by atoms with Crippen LogP contribution in [0.5, 0.6) is 0 Å². The van der Waals surface area contributed by atoms with E-state index in [1.807, 2.05) is 31.3 Å². The van der Waals surface area contributed by atoms with Crippen LogP contribution in [0.2, 0.25) is 0 Å². The van der Waals surface area contributed by atoms with E-state index < -0.39 is 0 Å². The molecular weight excluding hydrogens is 150 g/mol. The monoisotopic (exact) mass is 157 g/mol. The minimum atomic E-state index is 0.973. The van der Waals surface area contributed by atoms with Crippen LogP contribution in [0, 0.1) is 6.92 Å². The van der Waals surface area contributed by atoms with Crippen molar-refractivity contribution < 1.29 is 0 Å². The van der Waals surface area contributed by atoms with Gasteiger partial charge in [-0.2, -0.15) is 0 Å². The summed E-state index contributed by atoms with van der Waals surface area (Å²) >= 11 is 0. The van der Waals surface area contributed by atoms with E-state index in [-0.39, 0.29) is 0 Å². The van der Waals surface area contributed by atoms with Gasteiger partial charge in [-0.05, 0) is 19.1 Å². The van der Waals surface area contributed by atoms with Crippen molar-refractivity contribution in [1.29, 1.82) is 0 Å². The normalized spacial score (nSPS) is 11.8. The van der Waals surface area contributed by atoms with E-state index in [9.17, 15) is 0 Å². The maximum absolute atomic E-state index is 4.37. The molecule has 0 radical (unpaired) electrons. The predicted molar refractivity (Wildman–Crippen MR) is 46.4 cm³/mol. The molecule has 0 amide bonds. The molecule has 0 bridgehead atoms. The molecule has 0 spiro atoms. The summed E-state index contributed by atoms with van der Waals surface area (Å²) in [4.78, 5) is 8.65. The van der Waals surface area contributed by atoms with Gasteiger partial charge in [-0.1, -0.05) is 6.07 Å². The maximum atomic E-state index is 4.37. The first kappa shape index (κ1) is 5.94. The fraction of sp³-hybridized carbons (Fsp3) is 0.111. The number of hydrogen-bond donors (Lipinski definition) is 0. The van der Waals surface area contributed by atoms with E-state index in [0.717, 1.165) is 22.5 Å². The SMILES string of the molecule is Cc1nc2cccc3cnc1n32. The summed E-state index contributed by atoms with van der Waals surface area (Å²) in [7, 11) is 0. The Balaban J connectivity index is 2.77. The van der Waals surface area contributed by atoms with Gasteiger partial charge in [0.1, 0.15) is 5.65 Å². The summed E-state index contributed by atoms with van der Waals surface area (Å²) in [5, 5.41) is 0. The van der Waals surface area contributed by atoms with Gasteiger partial charge in [0.05, 0.1) is 17.4 Å². The third-order valence-corrected chi connectivity index (χ3v) is 2.14. The van der Waals surface area contributed by atoms with Crippen molar-refractivity contribution in [1.82, 2.24) is 14.4 Å². The maximum Gasteiger partial charge on any atom is 0.160 e. The second kappa shape index (κ2) is 1.75. The minimum absolute atomic E-state index is 0.973. The van der Waals surface area contributed by atoms with E-state index in [1.54, 1.807) is 0 Å². The molecule has 3 heteroatoms. The van der Waals surface area contributed by atoms with Crippen LogP contribution in [0.15, 0.2) is 24.4 Å². The van der Waals surface area contributed by atoms with Gasteiger partial charge in [0, 0.05) is 0 Å². The summed E-state index contributed by atoms with van der Waals surface area (Å²) in [5.41, 5.74) is 4.07. The van der Waals surface area contributed by atoms with Crippen LogP contribution in [0.25, 0.3) is 16.8 Å². The zero-order chi connectivity index (χ0) is 8.13. The van der Waals surface area contributed by atoms with E-state index >= 15 is 0 Å². The van der Waals surface area contributed by atoms with Crippen LogP contribution < -0.4 is 0 Å². The van der Waals surface area contributed by atoms with Crippen LogP contribution >= 0.6 is 0 Å². The first-order valence-electron chi connectivity index (χ1n) is 3.88. The Kier molecular flexibility index (Phi) is 0.864. The zero-order valence-electron chi connectivity index (χ0n) is 6.65. The highest BCUT2D eigenvalue weighted by Crippen LogP contribution is 2.16. The largest absolute Gasteiger partial charge is 0.276 e. The minimum Gasteiger partial charge on any atom is -0.276 e. The second-order valence-electron chi connectivity index (χ2n) is 2.92. The summed E-state index contributed by atoms with van der Waals surface area (Å²) in [5.74, 6) is 0. The van der Waals surface area contributed by atoms with Crippen molar-refractivity contribution in [3.05, 3.63) is 30.1 Å². The van der Waals surface area contributed by atoms with E-state index in [1.165, 1.54) is 0 Å². The Labute approximate surface area is 69.0 Å². The average molecular weight is 157 g/mol. The molecule has 0 unspecified atom stereocenters. The molecule has 0 saturated heterocycles. The molecule has 3 aromatic heterocycles. The summed E-state index contributed by atoms with van der Waals surface area (Å²) < 4.78 is 2.06. The fourth-order valence-corrected chi connectivity index (χ4v) is 1.59. The Morgan fingerprint density at radius 3 is 3.17 bits per heavy atom. The Bertz CT molecular complexity index is 538. The zero-order valence-corrected chi connectivity index (χ0v) is 6.65. The number of nitrogens with zero attached hydrogens (tertiary/aromatic N) is 3. The number of pyridine rings is 1. The van der Waals surface area contributed by atoms with Crippen LogP contribution in [0.4, 0.5) is 0 Å². The van der Waals surface area contributed by atoms with Gasteiger partial charge in [0.2, 0.25) is 0 Å². The van der Waals surface area contributed by atoms with Gasteiger partial charge >= 0.3 is 0 Å². The molecule has 0 aliphatic carbocycles. The Morgan fingerprint density at radius 2 is 2.25 bits per heavy atom. The van der Waals surface area contributed by atoms with Crippen molar-refractivity contribution in [2.75, 3.05) is 0 Å². The van der Waals surface area contributed by atoms with Crippen molar-refractivity contribution in [2.45, 2.75) is 6.92 Å². The topological polar surface area (TPSA) is 30.2 Å². The van der Waals surface area contributed by atoms with Crippen LogP contribution in [0.1, 0.15) is 5.69 Å². The quantitative estimate of drug-likeness (QED) is 0.496. The molecule has 3 rings (SSSR count).